The van der Waals surface area contributed by atoms with Crippen molar-refractivity contribution in [2.75, 3.05) is 44.8 Å². The molecule has 0 N–H and O–H groups in total. The Hall–Kier alpha value is -1.74. The minimum atomic E-state index is -0.183. The number of aromatic nitrogens is 2. The second-order valence-corrected chi connectivity index (χ2v) is 6.52. The fourth-order valence-corrected chi connectivity index (χ4v) is 3.76. The number of amides is 3. The molecule has 23 heavy (non-hydrogen) atoms. The van der Waals surface area contributed by atoms with Crippen LogP contribution >= 0.6 is 11.5 Å². The molecule has 0 radical (unpaired) electrons. The SMILES string of the molecule is COCCN1C(=O)CN(C2CCN(c3nc(C)ns3)CC2)C1=O. The minimum Gasteiger partial charge on any atom is -0.383 e. The minimum absolute atomic E-state index is 0.115. The van der Waals surface area contributed by atoms with Crippen LogP contribution in [0.1, 0.15) is 18.7 Å². The number of piperidine rings is 1. The van der Waals surface area contributed by atoms with Crippen molar-refractivity contribution in [3.8, 4) is 0 Å². The van der Waals surface area contributed by atoms with Gasteiger partial charge in [-0.15, -0.1) is 0 Å². The first-order valence-corrected chi connectivity index (χ1v) is 8.52. The fraction of sp³-hybridized carbons (Fsp3) is 0.714. The lowest BCUT2D eigenvalue weighted by Gasteiger charge is -2.35. The van der Waals surface area contributed by atoms with Crippen molar-refractivity contribution in [1.29, 1.82) is 0 Å². The normalized spacial score (nSPS) is 20.0. The summed E-state index contributed by atoms with van der Waals surface area (Å²) >= 11 is 1.41. The summed E-state index contributed by atoms with van der Waals surface area (Å²) < 4.78 is 9.17. The highest BCUT2D eigenvalue weighted by Gasteiger charge is 2.40. The van der Waals surface area contributed by atoms with Crippen LogP contribution in [0.4, 0.5) is 9.93 Å². The summed E-state index contributed by atoms with van der Waals surface area (Å²) in [4.78, 5) is 34.0. The third-order valence-electron chi connectivity index (χ3n) is 4.29. The van der Waals surface area contributed by atoms with Gasteiger partial charge in [0.2, 0.25) is 11.0 Å². The topological polar surface area (TPSA) is 78.9 Å². The Bertz CT molecular complexity index is 585. The van der Waals surface area contributed by atoms with Crippen molar-refractivity contribution in [3.05, 3.63) is 5.82 Å². The molecule has 8 nitrogen and oxygen atoms in total. The molecule has 0 unspecified atom stereocenters. The highest BCUT2D eigenvalue weighted by atomic mass is 32.1. The van der Waals surface area contributed by atoms with Gasteiger partial charge in [-0.3, -0.25) is 9.69 Å². The first-order valence-electron chi connectivity index (χ1n) is 7.75. The van der Waals surface area contributed by atoms with Gasteiger partial charge in [0, 0.05) is 37.8 Å². The number of rotatable bonds is 5. The largest absolute Gasteiger partial charge is 0.383 e. The number of carbonyl (C=O) groups is 2. The molecule has 1 aromatic rings. The molecule has 2 aliphatic heterocycles. The Morgan fingerprint density at radius 1 is 1.30 bits per heavy atom. The van der Waals surface area contributed by atoms with Crippen LogP contribution in [0.2, 0.25) is 0 Å². The van der Waals surface area contributed by atoms with E-state index in [-0.39, 0.29) is 24.5 Å². The Balaban J connectivity index is 1.57. The molecule has 126 valence electrons. The van der Waals surface area contributed by atoms with Gasteiger partial charge in [0.25, 0.3) is 0 Å². The Labute approximate surface area is 139 Å². The van der Waals surface area contributed by atoms with Gasteiger partial charge in [-0.05, 0) is 19.8 Å². The van der Waals surface area contributed by atoms with Crippen molar-refractivity contribution in [2.45, 2.75) is 25.8 Å². The summed E-state index contributed by atoms with van der Waals surface area (Å²) in [5, 5.41) is 0.937. The van der Waals surface area contributed by atoms with E-state index < -0.39 is 0 Å². The van der Waals surface area contributed by atoms with Crippen LogP contribution in [-0.4, -0.2) is 77.0 Å². The summed E-state index contributed by atoms with van der Waals surface area (Å²) in [5.41, 5.74) is 0. The number of hydrogen-bond donors (Lipinski definition) is 0. The second kappa shape index (κ2) is 6.79. The van der Waals surface area contributed by atoms with Crippen molar-refractivity contribution in [1.82, 2.24) is 19.2 Å². The zero-order valence-electron chi connectivity index (χ0n) is 13.4. The molecule has 0 spiro atoms. The van der Waals surface area contributed by atoms with Gasteiger partial charge in [0.15, 0.2) is 0 Å². The van der Waals surface area contributed by atoms with Crippen LogP contribution in [0, 0.1) is 6.92 Å². The molecular weight excluding hydrogens is 318 g/mol. The van der Waals surface area contributed by atoms with Gasteiger partial charge in [-0.2, -0.15) is 4.37 Å². The molecular formula is C14H21N5O3S. The van der Waals surface area contributed by atoms with Crippen LogP contribution < -0.4 is 4.90 Å². The first-order chi connectivity index (χ1) is 11.1. The predicted molar refractivity (Wildman–Crippen MR) is 85.6 cm³/mol. The maximum Gasteiger partial charge on any atom is 0.327 e. The number of carbonyl (C=O) groups excluding carboxylic acids is 2. The van der Waals surface area contributed by atoms with Gasteiger partial charge >= 0.3 is 6.03 Å². The van der Waals surface area contributed by atoms with Crippen LogP contribution in [-0.2, 0) is 9.53 Å². The van der Waals surface area contributed by atoms with Crippen LogP contribution in [0.25, 0.3) is 0 Å². The van der Waals surface area contributed by atoms with Gasteiger partial charge in [0.1, 0.15) is 12.4 Å². The quantitative estimate of drug-likeness (QED) is 0.736. The highest BCUT2D eigenvalue weighted by Crippen LogP contribution is 2.26. The van der Waals surface area contributed by atoms with E-state index in [1.165, 1.54) is 16.4 Å². The molecule has 2 saturated heterocycles. The molecule has 1 aromatic heterocycles. The smallest absolute Gasteiger partial charge is 0.327 e. The molecule has 3 rings (SSSR count). The van der Waals surface area contributed by atoms with Gasteiger partial charge in [-0.25, -0.2) is 9.78 Å². The molecule has 3 amide bonds. The van der Waals surface area contributed by atoms with Crippen molar-refractivity contribution in [2.24, 2.45) is 0 Å². The van der Waals surface area contributed by atoms with E-state index in [0.29, 0.717) is 13.2 Å². The first kappa shape index (κ1) is 16.1. The predicted octanol–water partition coefficient (Wildman–Crippen LogP) is 0.726. The van der Waals surface area contributed by atoms with Gasteiger partial charge in [-0.1, -0.05) is 0 Å². The molecule has 0 atom stereocenters. The molecule has 9 heteroatoms. The monoisotopic (exact) mass is 339 g/mol. The average molecular weight is 339 g/mol. The maximum absolute atomic E-state index is 12.4. The zero-order valence-corrected chi connectivity index (χ0v) is 14.2. The summed E-state index contributed by atoms with van der Waals surface area (Å²) in [5.74, 6) is 0.662. The summed E-state index contributed by atoms with van der Waals surface area (Å²) in [6.07, 6.45) is 1.69. The average Bonchev–Trinajstić information content (AvgIpc) is 3.10. The molecule has 0 saturated carbocycles. The van der Waals surface area contributed by atoms with E-state index in [1.54, 1.807) is 12.0 Å². The van der Waals surface area contributed by atoms with Gasteiger partial charge in [0.05, 0.1) is 13.2 Å². The van der Waals surface area contributed by atoms with Crippen LogP contribution in [0.3, 0.4) is 0 Å². The van der Waals surface area contributed by atoms with Crippen molar-refractivity contribution in [3.63, 3.8) is 0 Å². The van der Waals surface area contributed by atoms with E-state index in [9.17, 15) is 9.59 Å². The van der Waals surface area contributed by atoms with Gasteiger partial charge < -0.3 is 14.5 Å². The Kier molecular flexibility index (Phi) is 4.76. The molecule has 2 aliphatic rings. The zero-order chi connectivity index (χ0) is 16.4. The maximum atomic E-state index is 12.4. The third-order valence-corrected chi connectivity index (χ3v) is 5.16. The van der Waals surface area contributed by atoms with Crippen LogP contribution in [0.5, 0.6) is 0 Å². The Morgan fingerprint density at radius 2 is 2.04 bits per heavy atom. The highest BCUT2D eigenvalue weighted by molar-refractivity contribution is 7.09. The number of aryl methyl sites for hydroxylation is 1. The number of urea groups is 1. The molecule has 2 fully saturated rings. The number of ether oxygens (including phenoxy) is 1. The van der Waals surface area contributed by atoms with E-state index in [4.69, 9.17) is 4.74 Å². The number of methoxy groups -OCH3 is 1. The molecule has 0 aromatic carbocycles. The van der Waals surface area contributed by atoms with E-state index in [2.05, 4.69) is 14.3 Å². The van der Waals surface area contributed by atoms with Crippen molar-refractivity contribution >= 4 is 28.6 Å². The second-order valence-electron chi connectivity index (χ2n) is 5.79. The lowest BCUT2D eigenvalue weighted by molar-refractivity contribution is -0.125. The number of hydrogen-bond acceptors (Lipinski definition) is 7. The number of imide groups is 1. The van der Waals surface area contributed by atoms with E-state index >= 15 is 0 Å². The van der Waals surface area contributed by atoms with Crippen LogP contribution in [0.15, 0.2) is 0 Å². The van der Waals surface area contributed by atoms with E-state index in [0.717, 1.165) is 36.9 Å². The lowest BCUT2D eigenvalue weighted by Crippen LogP contribution is -2.46. The lowest BCUT2D eigenvalue weighted by atomic mass is 10.0. The molecule has 3 heterocycles. The summed E-state index contributed by atoms with van der Waals surface area (Å²) in [6.45, 7) is 4.43. The standard InChI is InChI=1S/C14H21N5O3S/c1-10-15-13(23-16-10)17-5-3-11(4-6-17)19-9-12(20)18(14(19)21)7-8-22-2/h11H,3-9H2,1-2H3. The fourth-order valence-electron chi connectivity index (χ4n) is 3.03. The number of nitrogens with zero attached hydrogens (tertiary/aromatic N) is 5. The molecule has 0 aliphatic carbocycles. The Morgan fingerprint density at radius 3 is 2.65 bits per heavy atom. The third kappa shape index (κ3) is 3.30. The van der Waals surface area contributed by atoms with Crippen molar-refractivity contribution < 1.29 is 14.3 Å². The summed E-state index contributed by atoms with van der Waals surface area (Å²) in [6, 6.07) is -0.0680. The number of anilines is 1. The van der Waals surface area contributed by atoms with E-state index in [1.807, 2.05) is 6.92 Å². The summed E-state index contributed by atoms with van der Waals surface area (Å²) in [7, 11) is 1.56. The molecule has 0 bridgehead atoms.